The average Bonchev–Trinajstić information content (AvgIpc) is 2.65. The van der Waals surface area contributed by atoms with E-state index in [1.807, 2.05) is 24.3 Å². The Kier molecular flexibility index (Phi) is 4.97. The first kappa shape index (κ1) is 17.0. The van der Waals surface area contributed by atoms with Crippen LogP contribution in [-0.2, 0) is 16.0 Å². The number of hydrogen-bond acceptors (Lipinski definition) is 4. The van der Waals surface area contributed by atoms with Gasteiger partial charge in [0.25, 0.3) is 5.91 Å². The van der Waals surface area contributed by atoms with Crippen LogP contribution in [0.4, 0.5) is 10.1 Å². The number of amides is 1. The number of aryl methyl sites for hydroxylation is 1. The summed E-state index contributed by atoms with van der Waals surface area (Å²) in [4.78, 5) is 26.0. The number of methoxy groups -OCH3 is 1. The lowest BCUT2D eigenvalue weighted by Gasteiger charge is -2.29. The molecule has 2 aromatic rings. The maximum atomic E-state index is 13.9. The summed E-state index contributed by atoms with van der Waals surface area (Å²) in [6.07, 6.45) is 1.76. The van der Waals surface area contributed by atoms with E-state index in [0.29, 0.717) is 12.3 Å². The number of para-hydroxylation sites is 1. The molecular formula is C19H18FNO4. The minimum atomic E-state index is -0.876. The molecule has 130 valence electrons. The van der Waals surface area contributed by atoms with Crippen LogP contribution in [0.2, 0.25) is 0 Å². The summed E-state index contributed by atoms with van der Waals surface area (Å²) in [6, 6.07) is 11.5. The van der Waals surface area contributed by atoms with Crippen LogP contribution in [-0.4, -0.2) is 32.1 Å². The highest BCUT2D eigenvalue weighted by Gasteiger charge is 2.23. The van der Waals surface area contributed by atoms with Crippen molar-refractivity contribution in [3.63, 3.8) is 0 Å². The number of fused-ring (bicyclic) bond motifs is 1. The number of halogens is 1. The molecular weight excluding hydrogens is 325 g/mol. The first-order valence-electron chi connectivity index (χ1n) is 7.99. The van der Waals surface area contributed by atoms with Gasteiger partial charge in [-0.2, -0.15) is 0 Å². The Morgan fingerprint density at radius 3 is 2.76 bits per heavy atom. The van der Waals surface area contributed by atoms with Crippen molar-refractivity contribution in [3.8, 4) is 5.75 Å². The standard InChI is InChI=1S/C19H18FNO4/c1-24-14-8-9-15(16(20)11-14)19(23)25-12-18(22)21-10-4-6-13-5-2-3-7-17(13)21/h2-3,5,7-9,11H,4,6,10,12H2,1H3. The predicted molar refractivity (Wildman–Crippen MR) is 90.4 cm³/mol. The van der Waals surface area contributed by atoms with Gasteiger partial charge in [-0.3, -0.25) is 4.79 Å². The first-order chi connectivity index (χ1) is 12.1. The Labute approximate surface area is 145 Å². The minimum Gasteiger partial charge on any atom is -0.497 e. The molecule has 0 bridgehead atoms. The van der Waals surface area contributed by atoms with Crippen LogP contribution in [0, 0.1) is 5.82 Å². The number of nitrogens with zero attached hydrogens (tertiary/aromatic N) is 1. The quantitative estimate of drug-likeness (QED) is 0.801. The third kappa shape index (κ3) is 3.63. The van der Waals surface area contributed by atoms with Crippen LogP contribution in [0.3, 0.4) is 0 Å². The van der Waals surface area contributed by atoms with E-state index in [1.165, 1.54) is 19.2 Å². The molecule has 6 heteroatoms. The van der Waals surface area contributed by atoms with E-state index in [1.54, 1.807) is 4.90 Å². The molecule has 0 atom stereocenters. The molecule has 0 saturated carbocycles. The maximum absolute atomic E-state index is 13.9. The number of hydrogen-bond donors (Lipinski definition) is 0. The van der Waals surface area contributed by atoms with Crippen LogP contribution in [0.15, 0.2) is 42.5 Å². The van der Waals surface area contributed by atoms with Crippen molar-refractivity contribution in [2.45, 2.75) is 12.8 Å². The van der Waals surface area contributed by atoms with E-state index in [-0.39, 0.29) is 11.5 Å². The SMILES string of the molecule is COc1ccc(C(=O)OCC(=O)N2CCCc3ccccc32)c(F)c1. The monoisotopic (exact) mass is 343 g/mol. The zero-order valence-electron chi connectivity index (χ0n) is 13.8. The van der Waals surface area contributed by atoms with Crippen LogP contribution >= 0.6 is 0 Å². The van der Waals surface area contributed by atoms with Crippen LogP contribution in [0.1, 0.15) is 22.3 Å². The Balaban J connectivity index is 1.66. The molecule has 5 nitrogen and oxygen atoms in total. The third-order valence-electron chi connectivity index (χ3n) is 4.13. The number of rotatable bonds is 4. The fraction of sp³-hybridized carbons (Fsp3) is 0.263. The van der Waals surface area contributed by atoms with Gasteiger partial charge in [0.05, 0.1) is 12.7 Å². The molecule has 0 N–H and O–H groups in total. The lowest BCUT2D eigenvalue weighted by molar-refractivity contribution is -0.121. The Morgan fingerprint density at radius 2 is 2.00 bits per heavy atom. The van der Waals surface area contributed by atoms with Gasteiger partial charge in [0.15, 0.2) is 6.61 Å². The van der Waals surface area contributed by atoms with Gasteiger partial charge in [0, 0.05) is 18.3 Å². The van der Waals surface area contributed by atoms with Gasteiger partial charge in [-0.25, -0.2) is 9.18 Å². The summed E-state index contributed by atoms with van der Waals surface area (Å²) in [5.41, 5.74) is 1.70. The second kappa shape index (κ2) is 7.34. The number of carbonyl (C=O) groups is 2. The topological polar surface area (TPSA) is 55.8 Å². The van der Waals surface area contributed by atoms with Crippen molar-refractivity contribution >= 4 is 17.6 Å². The van der Waals surface area contributed by atoms with E-state index < -0.39 is 18.4 Å². The summed E-state index contributed by atoms with van der Waals surface area (Å²) in [7, 11) is 1.40. The van der Waals surface area contributed by atoms with Gasteiger partial charge in [-0.15, -0.1) is 0 Å². The number of benzene rings is 2. The normalized spacial score (nSPS) is 13.1. The fourth-order valence-electron chi connectivity index (χ4n) is 2.86. The fourth-order valence-corrected chi connectivity index (χ4v) is 2.86. The van der Waals surface area contributed by atoms with Crippen LogP contribution in [0.5, 0.6) is 5.75 Å². The second-order valence-corrected chi connectivity index (χ2v) is 5.70. The molecule has 0 spiro atoms. The lowest BCUT2D eigenvalue weighted by Crippen LogP contribution is -2.38. The van der Waals surface area contributed by atoms with Crippen LogP contribution in [0.25, 0.3) is 0 Å². The zero-order valence-corrected chi connectivity index (χ0v) is 13.8. The van der Waals surface area contributed by atoms with Gasteiger partial charge >= 0.3 is 5.97 Å². The molecule has 0 saturated heterocycles. The minimum absolute atomic E-state index is 0.229. The molecule has 0 fully saturated rings. The first-order valence-corrected chi connectivity index (χ1v) is 7.99. The van der Waals surface area contributed by atoms with Gasteiger partial charge in [0.2, 0.25) is 0 Å². The van der Waals surface area contributed by atoms with Crippen molar-refractivity contribution < 1.29 is 23.5 Å². The summed E-state index contributed by atoms with van der Waals surface area (Å²) >= 11 is 0. The van der Waals surface area contributed by atoms with Gasteiger partial charge < -0.3 is 14.4 Å². The number of ether oxygens (including phenoxy) is 2. The summed E-state index contributed by atoms with van der Waals surface area (Å²) in [6.45, 7) is 0.142. The molecule has 0 unspecified atom stereocenters. The molecule has 1 aliphatic rings. The molecule has 0 aromatic heterocycles. The maximum Gasteiger partial charge on any atom is 0.341 e. The summed E-state index contributed by atoms with van der Waals surface area (Å²) in [5, 5.41) is 0. The molecule has 1 amide bonds. The molecule has 3 rings (SSSR count). The molecule has 25 heavy (non-hydrogen) atoms. The average molecular weight is 343 g/mol. The Bertz CT molecular complexity index is 806. The highest BCUT2D eigenvalue weighted by molar-refractivity contribution is 5.98. The lowest BCUT2D eigenvalue weighted by atomic mass is 10.0. The smallest absolute Gasteiger partial charge is 0.341 e. The van der Waals surface area contributed by atoms with E-state index in [4.69, 9.17) is 9.47 Å². The Morgan fingerprint density at radius 1 is 1.20 bits per heavy atom. The number of esters is 1. The number of carbonyl (C=O) groups excluding carboxylic acids is 2. The van der Waals surface area contributed by atoms with Crippen molar-refractivity contribution in [3.05, 3.63) is 59.4 Å². The molecule has 1 aliphatic heterocycles. The Hall–Kier alpha value is -2.89. The van der Waals surface area contributed by atoms with Gasteiger partial charge in [0.1, 0.15) is 11.6 Å². The molecule has 1 heterocycles. The highest BCUT2D eigenvalue weighted by Crippen LogP contribution is 2.26. The van der Waals surface area contributed by atoms with E-state index >= 15 is 0 Å². The van der Waals surface area contributed by atoms with Crippen molar-refractivity contribution in [2.24, 2.45) is 0 Å². The second-order valence-electron chi connectivity index (χ2n) is 5.70. The van der Waals surface area contributed by atoms with E-state index in [2.05, 4.69) is 0 Å². The third-order valence-corrected chi connectivity index (χ3v) is 4.13. The van der Waals surface area contributed by atoms with Gasteiger partial charge in [-0.05, 0) is 36.6 Å². The van der Waals surface area contributed by atoms with E-state index in [0.717, 1.165) is 30.2 Å². The molecule has 0 aliphatic carbocycles. The largest absolute Gasteiger partial charge is 0.497 e. The van der Waals surface area contributed by atoms with Crippen molar-refractivity contribution in [2.75, 3.05) is 25.2 Å². The van der Waals surface area contributed by atoms with Crippen molar-refractivity contribution in [1.82, 2.24) is 0 Å². The van der Waals surface area contributed by atoms with Crippen molar-refractivity contribution in [1.29, 1.82) is 0 Å². The van der Waals surface area contributed by atoms with Crippen LogP contribution < -0.4 is 9.64 Å². The molecule has 0 radical (unpaired) electrons. The number of anilines is 1. The zero-order chi connectivity index (χ0) is 17.8. The summed E-state index contributed by atoms with van der Waals surface area (Å²) in [5.74, 6) is -1.65. The highest BCUT2D eigenvalue weighted by atomic mass is 19.1. The molecule has 2 aromatic carbocycles. The van der Waals surface area contributed by atoms with E-state index in [9.17, 15) is 14.0 Å². The predicted octanol–water partition coefficient (Wildman–Crippen LogP) is 2.97. The summed E-state index contributed by atoms with van der Waals surface area (Å²) < 4.78 is 23.8. The van der Waals surface area contributed by atoms with Gasteiger partial charge in [-0.1, -0.05) is 18.2 Å².